The smallest absolute Gasteiger partial charge is 0.337 e. The molecule has 0 bridgehead atoms. The number of ketones is 1. The van der Waals surface area contributed by atoms with Crippen molar-refractivity contribution < 1.29 is 29.0 Å². The molecule has 0 radical (unpaired) electrons. The second-order valence-corrected chi connectivity index (χ2v) is 9.99. The van der Waals surface area contributed by atoms with Gasteiger partial charge in [0.1, 0.15) is 11.5 Å². The van der Waals surface area contributed by atoms with Gasteiger partial charge in [-0.15, -0.1) is 0 Å². The molecule has 39 heavy (non-hydrogen) atoms. The van der Waals surface area contributed by atoms with Gasteiger partial charge in [-0.3, -0.25) is 14.5 Å². The largest absolute Gasteiger partial charge is 0.507 e. The lowest BCUT2D eigenvalue weighted by Crippen LogP contribution is -2.29. The number of esters is 1. The molecule has 202 valence electrons. The number of anilines is 1. The van der Waals surface area contributed by atoms with Crippen LogP contribution in [0.25, 0.3) is 5.76 Å². The Hall–Kier alpha value is -4.39. The van der Waals surface area contributed by atoms with E-state index in [0.29, 0.717) is 40.7 Å². The second kappa shape index (κ2) is 11.6. The highest BCUT2D eigenvalue weighted by molar-refractivity contribution is 6.51. The molecule has 1 atom stereocenters. The van der Waals surface area contributed by atoms with Gasteiger partial charge in [0.15, 0.2) is 0 Å². The lowest BCUT2D eigenvalue weighted by molar-refractivity contribution is -0.132. The number of hydrogen-bond donors (Lipinski definition) is 1. The van der Waals surface area contributed by atoms with Crippen molar-refractivity contribution in [3.8, 4) is 5.75 Å². The molecule has 4 rings (SSSR count). The fraction of sp³-hybridized carbons (Fsp3) is 0.281. The van der Waals surface area contributed by atoms with E-state index in [0.717, 1.165) is 17.5 Å². The van der Waals surface area contributed by atoms with Crippen molar-refractivity contribution in [2.75, 3.05) is 18.6 Å². The van der Waals surface area contributed by atoms with Crippen molar-refractivity contribution in [3.05, 3.63) is 100 Å². The van der Waals surface area contributed by atoms with Crippen molar-refractivity contribution in [3.63, 3.8) is 0 Å². The van der Waals surface area contributed by atoms with Crippen LogP contribution in [0, 0.1) is 12.8 Å². The van der Waals surface area contributed by atoms with Gasteiger partial charge in [0, 0.05) is 11.3 Å². The lowest BCUT2D eigenvalue weighted by Gasteiger charge is -2.26. The quantitative estimate of drug-likeness (QED) is 0.167. The van der Waals surface area contributed by atoms with Gasteiger partial charge in [0.25, 0.3) is 11.7 Å². The van der Waals surface area contributed by atoms with E-state index in [2.05, 4.69) is 13.8 Å². The first-order chi connectivity index (χ1) is 18.7. The molecule has 1 aliphatic rings. The fourth-order valence-electron chi connectivity index (χ4n) is 4.60. The van der Waals surface area contributed by atoms with Gasteiger partial charge in [-0.25, -0.2) is 4.79 Å². The summed E-state index contributed by atoms with van der Waals surface area (Å²) in [5.41, 5.74) is 3.73. The zero-order valence-electron chi connectivity index (χ0n) is 22.9. The first-order valence-electron chi connectivity index (χ1n) is 13.0. The second-order valence-electron chi connectivity index (χ2n) is 9.99. The summed E-state index contributed by atoms with van der Waals surface area (Å²) in [6.07, 6.45) is 0.833. The summed E-state index contributed by atoms with van der Waals surface area (Å²) in [7, 11) is 1.29. The van der Waals surface area contributed by atoms with E-state index in [1.165, 1.54) is 24.1 Å². The van der Waals surface area contributed by atoms with Crippen LogP contribution in [0.15, 0.2) is 72.3 Å². The van der Waals surface area contributed by atoms with Gasteiger partial charge in [-0.05, 0) is 78.4 Å². The van der Waals surface area contributed by atoms with Gasteiger partial charge < -0.3 is 14.6 Å². The number of methoxy groups -OCH3 is 1. The minimum absolute atomic E-state index is 0.00320. The number of hydrogen-bond acceptors (Lipinski definition) is 6. The number of ether oxygens (including phenoxy) is 2. The van der Waals surface area contributed by atoms with E-state index in [1.54, 1.807) is 30.3 Å². The van der Waals surface area contributed by atoms with E-state index >= 15 is 0 Å². The fourth-order valence-corrected chi connectivity index (χ4v) is 4.60. The molecule has 3 aromatic rings. The van der Waals surface area contributed by atoms with Crippen LogP contribution in [-0.2, 0) is 20.7 Å². The van der Waals surface area contributed by atoms with Crippen molar-refractivity contribution in [2.24, 2.45) is 5.92 Å². The molecule has 1 aliphatic heterocycles. The Morgan fingerprint density at radius 2 is 1.62 bits per heavy atom. The lowest BCUT2D eigenvalue weighted by atomic mass is 9.93. The maximum Gasteiger partial charge on any atom is 0.337 e. The topological polar surface area (TPSA) is 93.1 Å². The predicted molar refractivity (Wildman–Crippen MR) is 150 cm³/mol. The maximum absolute atomic E-state index is 13.5. The molecule has 1 saturated heterocycles. The zero-order chi connectivity index (χ0) is 28.3. The molecule has 0 aliphatic carbocycles. The van der Waals surface area contributed by atoms with Crippen LogP contribution >= 0.6 is 0 Å². The van der Waals surface area contributed by atoms with Crippen molar-refractivity contribution in [1.29, 1.82) is 0 Å². The number of aliphatic hydroxyl groups is 1. The zero-order valence-corrected chi connectivity index (χ0v) is 22.9. The highest BCUT2D eigenvalue weighted by atomic mass is 16.5. The Kier molecular flexibility index (Phi) is 8.19. The van der Waals surface area contributed by atoms with Gasteiger partial charge in [-0.2, -0.15) is 0 Å². The van der Waals surface area contributed by atoms with Gasteiger partial charge in [-0.1, -0.05) is 45.0 Å². The summed E-state index contributed by atoms with van der Waals surface area (Å²) in [5.74, 6) is -1.27. The number of carbonyl (C=O) groups excluding carboxylic acids is 3. The molecular formula is C32H33NO6. The summed E-state index contributed by atoms with van der Waals surface area (Å²) < 4.78 is 10.6. The molecule has 1 fully saturated rings. The summed E-state index contributed by atoms with van der Waals surface area (Å²) in [5, 5.41) is 11.5. The molecule has 1 unspecified atom stereocenters. The first kappa shape index (κ1) is 27.6. The summed E-state index contributed by atoms with van der Waals surface area (Å²) in [4.78, 5) is 40.2. The highest BCUT2D eigenvalue weighted by Crippen LogP contribution is 2.42. The van der Waals surface area contributed by atoms with Gasteiger partial charge in [0.05, 0.1) is 30.9 Å². The monoisotopic (exact) mass is 527 g/mol. The first-order valence-corrected chi connectivity index (χ1v) is 13.0. The third-order valence-electron chi connectivity index (χ3n) is 6.74. The number of benzene rings is 3. The average Bonchev–Trinajstić information content (AvgIpc) is 3.21. The molecule has 0 saturated carbocycles. The van der Waals surface area contributed by atoms with Crippen molar-refractivity contribution in [1.82, 2.24) is 0 Å². The third-order valence-corrected chi connectivity index (χ3v) is 6.74. The highest BCUT2D eigenvalue weighted by Gasteiger charge is 2.47. The van der Waals surface area contributed by atoms with E-state index < -0.39 is 23.7 Å². The molecule has 0 spiro atoms. The van der Waals surface area contributed by atoms with E-state index in [-0.39, 0.29) is 11.3 Å². The molecule has 7 heteroatoms. The maximum atomic E-state index is 13.5. The van der Waals surface area contributed by atoms with E-state index in [4.69, 9.17) is 9.47 Å². The van der Waals surface area contributed by atoms with Crippen LogP contribution in [0.5, 0.6) is 5.75 Å². The number of aryl methyl sites for hydroxylation is 2. The van der Waals surface area contributed by atoms with Gasteiger partial charge in [0.2, 0.25) is 0 Å². The molecule has 0 aromatic heterocycles. The molecular weight excluding hydrogens is 494 g/mol. The molecule has 1 heterocycles. The van der Waals surface area contributed by atoms with E-state index in [9.17, 15) is 19.5 Å². The molecule has 3 aromatic carbocycles. The average molecular weight is 528 g/mol. The van der Waals surface area contributed by atoms with Crippen molar-refractivity contribution >= 4 is 29.1 Å². The number of amides is 1. The Morgan fingerprint density at radius 1 is 0.974 bits per heavy atom. The Labute approximate surface area is 228 Å². The van der Waals surface area contributed by atoms with Gasteiger partial charge >= 0.3 is 5.97 Å². The van der Waals surface area contributed by atoms with Crippen LogP contribution in [-0.4, -0.2) is 36.5 Å². The normalized spacial score (nSPS) is 16.6. The molecule has 7 nitrogen and oxygen atoms in total. The number of nitrogens with zero attached hydrogens (tertiary/aromatic N) is 1. The predicted octanol–water partition coefficient (Wildman–Crippen LogP) is 6.01. The van der Waals surface area contributed by atoms with Crippen LogP contribution in [0.3, 0.4) is 0 Å². The number of rotatable bonds is 8. The summed E-state index contributed by atoms with van der Waals surface area (Å²) >= 11 is 0. The van der Waals surface area contributed by atoms with E-state index in [1.807, 2.05) is 38.1 Å². The molecule has 1 N–H and O–H groups in total. The van der Waals surface area contributed by atoms with Crippen LogP contribution in [0.1, 0.15) is 59.4 Å². The molecule has 1 amide bonds. The summed E-state index contributed by atoms with van der Waals surface area (Å²) in [6, 6.07) is 18.2. The summed E-state index contributed by atoms with van der Waals surface area (Å²) in [6.45, 7) is 8.59. The standard InChI is InChI=1S/C32H33NO6/c1-6-21-7-9-22(10-8-21)28-27(29(34)24-13-16-26(20(4)17-24)39-18-19(2)3)30(35)31(36)33(28)25-14-11-23(12-15-25)32(37)38-5/h7-17,19,28,34H,6,18H2,1-5H3/b29-27-. The number of Topliss-reactive ketones (excluding diaryl/α,β-unsaturated/α-hetero) is 1. The Bertz CT molecular complexity index is 1420. The number of aliphatic hydroxyl groups excluding tert-OH is 1. The third kappa shape index (κ3) is 5.58. The van der Waals surface area contributed by atoms with Crippen molar-refractivity contribution in [2.45, 2.75) is 40.2 Å². The van der Waals surface area contributed by atoms with Crippen LogP contribution < -0.4 is 9.64 Å². The minimum Gasteiger partial charge on any atom is -0.507 e. The SMILES string of the molecule is CCc1ccc(C2/C(=C(/O)c3ccc(OCC(C)C)c(C)c3)C(=O)C(=O)N2c2ccc(C(=O)OC)cc2)cc1. The minimum atomic E-state index is -0.864. The Morgan fingerprint density at radius 3 is 2.18 bits per heavy atom. The Balaban J connectivity index is 1.83. The number of carbonyl (C=O) groups is 3. The van der Waals surface area contributed by atoms with Crippen LogP contribution in [0.4, 0.5) is 5.69 Å². The van der Waals surface area contributed by atoms with Crippen LogP contribution in [0.2, 0.25) is 0 Å².